The van der Waals surface area contributed by atoms with E-state index in [2.05, 4.69) is 52.0 Å². The summed E-state index contributed by atoms with van der Waals surface area (Å²) in [6.45, 7) is 8.63. The molecule has 3 aromatic carbocycles. The fourth-order valence-electron chi connectivity index (χ4n) is 3.13. The lowest BCUT2D eigenvalue weighted by atomic mass is 10.0. The number of methoxy groups -OCH3 is 1. The first kappa shape index (κ1) is 23.1. The van der Waals surface area contributed by atoms with Crippen LogP contribution in [0.3, 0.4) is 0 Å². The molecule has 0 saturated carbocycles. The Hall–Kier alpha value is -3.53. The maximum Gasteiger partial charge on any atom is 0.330 e. The van der Waals surface area contributed by atoms with Crippen molar-refractivity contribution in [1.29, 1.82) is 0 Å². The predicted molar refractivity (Wildman–Crippen MR) is 129 cm³/mol. The van der Waals surface area contributed by atoms with Crippen molar-refractivity contribution in [2.45, 2.75) is 39.5 Å². The minimum atomic E-state index is -0.428. The van der Waals surface area contributed by atoms with Crippen molar-refractivity contribution in [2.75, 3.05) is 7.11 Å². The lowest BCUT2D eigenvalue weighted by Crippen LogP contribution is -1.95. The number of hydrogen-bond acceptors (Lipinski definition) is 4. The highest BCUT2D eigenvalue weighted by molar-refractivity contribution is 5.87. The fraction of sp³-hybridized carbons (Fsp3) is 0.250. The normalized spacial score (nSPS) is 11.2. The molecule has 166 valence electrons. The maximum atomic E-state index is 11.6. The third-order valence-electron chi connectivity index (χ3n) is 5.14. The Morgan fingerprint density at radius 2 is 1.22 bits per heavy atom. The second kappa shape index (κ2) is 10.7. The highest BCUT2D eigenvalue weighted by Gasteiger charge is 2.09. The lowest BCUT2D eigenvalue weighted by molar-refractivity contribution is -0.134. The molecule has 0 amide bonds. The second-order valence-electron chi connectivity index (χ2n) is 8.21. The Kier molecular flexibility index (Phi) is 7.72. The van der Waals surface area contributed by atoms with Crippen LogP contribution in [-0.2, 0) is 9.53 Å². The Bertz CT molecular complexity index is 1060. The summed E-state index contributed by atoms with van der Waals surface area (Å²) in [5.74, 6) is 3.17. The Labute approximate surface area is 190 Å². The first-order valence-electron chi connectivity index (χ1n) is 10.8. The molecule has 0 N–H and O–H groups in total. The van der Waals surface area contributed by atoms with Crippen molar-refractivity contribution in [2.24, 2.45) is 0 Å². The third kappa shape index (κ3) is 6.24. The van der Waals surface area contributed by atoms with Crippen molar-refractivity contribution < 1.29 is 19.0 Å². The summed E-state index contributed by atoms with van der Waals surface area (Å²) in [5.41, 5.74) is 3.24. The number of esters is 1. The van der Waals surface area contributed by atoms with Crippen molar-refractivity contribution in [1.82, 2.24) is 0 Å². The molecule has 0 heterocycles. The topological polar surface area (TPSA) is 44.8 Å². The molecule has 0 aromatic heterocycles. The van der Waals surface area contributed by atoms with E-state index in [4.69, 9.17) is 14.2 Å². The van der Waals surface area contributed by atoms with Crippen LogP contribution in [-0.4, -0.2) is 13.1 Å². The molecule has 0 aliphatic carbocycles. The van der Waals surface area contributed by atoms with Gasteiger partial charge in [-0.25, -0.2) is 4.79 Å². The van der Waals surface area contributed by atoms with E-state index in [1.54, 1.807) is 6.08 Å². The number of benzene rings is 3. The second-order valence-corrected chi connectivity index (χ2v) is 8.21. The van der Waals surface area contributed by atoms with Gasteiger partial charge < -0.3 is 14.2 Å². The minimum Gasteiger partial charge on any atom is -0.466 e. The summed E-state index contributed by atoms with van der Waals surface area (Å²) in [7, 11) is 1.35. The van der Waals surface area contributed by atoms with E-state index in [-0.39, 0.29) is 0 Å². The van der Waals surface area contributed by atoms with Crippen molar-refractivity contribution in [3.63, 3.8) is 0 Å². The Morgan fingerprint density at radius 1 is 0.719 bits per heavy atom. The van der Waals surface area contributed by atoms with Gasteiger partial charge in [-0.15, -0.1) is 0 Å². The first-order chi connectivity index (χ1) is 15.4. The molecule has 3 rings (SSSR count). The summed E-state index contributed by atoms with van der Waals surface area (Å²) in [4.78, 5) is 11.6. The van der Waals surface area contributed by atoms with Crippen LogP contribution in [0.15, 0.2) is 72.8 Å². The van der Waals surface area contributed by atoms with Gasteiger partial charge in [-0.05, 0) is 65.4 Å². The Morgan fingerprint density at radius 3 is 1.72 bits per heavy atom. The summed E-state index contributed by atoms with van der Waals surface area (Å²) in [6.07, 6.45) is 3.04. The summed E-state index contributed by atoms with van der Waals surface area (Å²) >= 11 is 0. The smallest absolute Gasteiger partial charge is 0.330 e. The summed E-state index contributed by atoms with van der Waals surface area (Å²) in [6, 6.07) is 21.6. The molecular weight excluding hydrogens is 400 g/mol. The molecule has 4 nitrogen and oxygen atoms in total. The van der Waals surface area contributed by atoms with Gasteiger partial charge in [-0.1, -0.05) is 52.0 Å². The van der Waals surface area contributed by atoms with E-state index in [0.29, 0.717) is 29.1 Å². The van der Waals surface area contributed by atoms with Crippen molar-refractivity contribution in [3.8, 4) is 23.0 Å². The number of carbonyl (C=O) groups excluding carboxylic acids is 1. The van der Waals surface area contributed by atoms with Gasteiger partial charge in [0.05, 0.1) is 7.11 Å². The largest absolute Gasteiger partial charge is 0.466 e. The molecule has 4 heteroatoms. The van der Waals surface area contributed by atoms with Crippen LogP contribution in [0.2, 0.25) is 0 Å². The highest BCUT2D eigenvalue weighted by atomic mass is 16.5. The van der Waals surface area contributed by atoms with Crippen LogP contribution in [0.25, 0.3) is 6.08 Å². The van der Waals surface area contributed by atoms with Crippen LogP contribution in [0.1, 0.15) is 56.2 Å². The van der Waals surface area contributed by atoms with E-state index < -0.39 is 5.97 Å². The first-order valence-corrected chi connectivity index (χ1v) is 10.8. The van der Waals surface area contributed by atoms with Gasteiger partial charge in [0.25, 0.3) is 0 Å². The quantitative estimate of drug-likeness (QED) is 0.271. The molecule has 0 aliphatic rings. The monoisotopic (exact) mass is 430 g/mol. The molecule has 0 saturated heterocycles. The molecule has 0 fully saturated rings. The van der Waals surface area contributed by atoms with E-state index in [9.17, 15) is 4.79 Å². The number of ether oxygens (including phenoxy) is 3. The molecule has 0 radical (unpaired) electrons. The molecule has 0 bridgehead atoms. The fourth-order valence-corrected chi connectivity index (χ4v) is 3.13. The molecule has 0 atom stereocenters. The van der Waals surface area contributed by atoms with E-state index >= 15 is 0 Å². The predicted octanol–water partition coefficient (Wildman–Crippen LogP) is 7.70. The van der Waals surface area contributed by atoms with Crippen molar-refractivity contribution >= 4 is 12.0 Å². The molecule has 0 unspecified atom stereocenters. The zero-order valence-electron chi connectivity index (χ0n) is 19.3. The zero-order valence-corrected chi connectivity index (χ0v) is 19.3. The van der Waals surface area contributed by atoms with Gasteiger partial charge in [-0.3, -0.25) is 0 Å². The van der Waals surface area contributed by atoms with Gasteiger partial charge in [0.2, 0.25) is 0 Å². The lowest BCUT2D eigenvalue weighted by Gasteiger charge is -2.13. The molecule has 0 spiro atoms. The van der Waals surface area contributed by atoms with Crippen LogP contribution in [0.5, 0.6) is 23.0 Å². The average Bonchev–Trinajstić information content (AvgIpc) is 2.79. The van der Waals surface area contributed by atoms with Crippen LogP contribution in [0.4, 0.5) is 0 Å². The van der Waals surface area contributed by atoms with Gasteiger partial charge >= 0.3 is 5.97 Å². The minimum absolute atomic E-state index is 0.428. The van der Waals surface area contributed by atoms with Gasteiger partial charge in [0, 0.05) is 17.7 Å². The Balaban J connectivity index is 1.88. The van der Waals surface area contributed by atoms with E-state index in [1.807, 2.05) is 42.5 Å². The van der Waals surface area contributed by atoms with Gasteiger partial charge in [0.1, 0.15) is 23.0 Å². The highest BCUT2D eigenvalue weighted by Crippen LogP contribution is 2.33. The number of rotatable bonds is 8. The zero-order chi connectivity index (χ0) is 23.1. The van der Waals surface area contributed by atoms with E-state index in [0.717, 1.165) is 11.3 Å². The van der Waals surface area contributed by atoms with Gasteiger partial charge in [-0.2, -0.15) is 0 Å². The van der Waals surface area contributed by atoms with Crippen LogP contribution < -0.4 is 9.47 Å². The average molecular weight is 431 g/mol. The maximum absolute atomic E-state index is 11.6. The van der Waals surface area contributed by atoms with Gasteiger partial charge in [0.15, 0.2) is 0 Å². The standard InChI is InChI=1S/C28H30O4/c1-19(2)21-6-12-24(13-7-21)31-26-16-10-23(11-17-28(29)30-5)27(18-26)32-25-14-8-22(9-15-25)20(3)4/h6-20H,1-5H3. The molecule has 3 aromatic rings. The van der Waals surface area contributed by atoms with E-state index in [1.165, 1.54) is 24.3 Å². The van der Waals surface area contributed by atoms with Crippen LogP contribution in [0, 0.1) is 0 Å². The van der Waals surface area contributed by atoms with Crippen LogP contribution >= 0.6 is 0 Å². The number of hydrogen-bond donors (Lipinski definition) is 0. The van der Waals surface area contributed by atoms with Crippen molar-refractivity contribution in [3.05, 3.63) is 89.5 Å². The SMILES string of the molecule is COC(=O)C=Cc1ccc(Oc2ccc(C(C)C)cc2)cc1Oc1ccc(C(C)C)cc1. The molecule has 0 aliphatic heterocycles. The molecular formula is C28H30O4. The molecule has 32 heavy (non-hydrogen) atoms. The number of carbonyl (C=O) groups is 1. The summed E-state index contributed by atoms with van der Waals surface area (Å²) in [5, 5.41) is 0. The third-order valence-corrected chi connectivity index (χ3v) is 5.14. The summed E-state index contributed by atoms with van der Waals surface area (Å²) < 4.78 is 16.9.